The lowest BCUT2D eigenvalue weighted by Gasteiger charge is -2.48. The Morgan fingerprint density at radius 2 is 1.59 bits per heavy atom. The van der Waals surface area contributed by atoms with Crippen LogP contribution in [0.25, 0.3) is 0 Å². The summed E-state index contributed by atoms with van der Waals surface area (Å²) in [6.07, 6.45) is 13.3. The lowest BCUT2D eigenvalue weighted by Crippen LogP contribution is -2.63. The van der Waals surface area contributed by atoms with E-state index in [1.165, 1.54) is 51.4 Å². The molecule has 0 aliphatic heterocycles. The first kappa shape index (κ1) is 12.0. The number of rotatable bonds is 1. The SMILES string of the molecule is NC1(C2(O)CC3CCC2C3)CCCCCCC1. The second-order valence-corrected chi connectivity index (χ2v) is 6.93. The molecule has 3 fully saturated rings. The van der Waals surface area contributed by atoms with Crippen LogP contribution < -0.4 is 5.73 Å². The largest absolute Gasteiger partial charge is 0.388 e. The minimum Gasteiger partial charge on any atom is -0.388 e. The van der Waals surface area contributed by atoms with Crippen LogP contribution in [0.2, 0.25) is 0 Å². The fourth-order valence-corrected chi connectivity index (χ4v) is 4.88. The van der Waals surface area contributed by atoms with Crippen LogP contribution in [0.1, 0.15) is 70.6 Å². The summed E-state index contributed by atoms with van der Waals surface area (Å²) < 4.78 is 0. The van der Waals surface area contributed by atoms with Gasteiger partial charge in [-0.15, -0.1) is 0 Å². The van der Waals surface area contributed by atoms with Crippen LogP contribution in [0.3, 0.4) is 0 Å². The number of hydrogen-bond acceptors (Lipinski definition) is 2. The molecule has 0 heterocycles. The normalized spacial score (nSPS) is 45.5. The molecule has 2 heteroatoms. The molecule has 0 saturated heterocycles. The van der Waals surface area contributed by atoms with Crippen LogP contribution in [0.15, 0.2) is 0 Å². The third-order valence-corrected chi connectivity index (χ3v) is 5.92. The van der Waals surface area contributed by atoms with Crippen molar-refractivity contribution in [2.75, 3.05) is 0 Å². The van der Waals surface area contributed by atoms with Gasteiger partial charge in [0.25, 0.3) is 0 Å². The van der Waals surface area contributed by atoms with E-state index in [0.717, 1.165) is 25.2 Å². The Morgan fingerprint density at radius 1 is 0.941 bits per heavy atom. The van der Waals surface area contributed by atoms with E-state index in [0.29, 0.717) is 5.92 Å². The fraction of sp³-hybridized carbons (Fsp3) is 1.00. The maximum absolute atomic E-state index is 11.2. The minimum atomic E-state index is -0.521. The smallest absolute Gasteiger partial charge is 0.0857 e. The van der Waals surface area contributed by atoms with Crippen molar-refractivity contribution < 1.29 is 5.11 Å². The van der Waals surface area contributed by atoms with Crippen molar-refractivity contribution in [3.8, 4) is 0 Å². The van der Waals surface area contributed by atoms with Crippen LogP contribution in [-0.2, 0) is 0 Å². The van der Waals surface area contributed by atoms with Gasteiger partial charge in [0.2, 0.25) is 0 Å². The molecule has 0 aromatic carbocycles. The second kappa shape index (κ2) is 4.24. The van der Waals surface area contributed by atoms with Gasteiger partial charge in [-0.25, -0.2) is 0 Å². The van der Waals surface area contributed by atoms with Gasteiger partial charge in [-0.2, -0.15) is 0 Å². The Bertz CT molecular complexity index is 283. The van der Waals surface area contributed by atoms with Gasteiger partial charge in [-0.3, -0.25) is 0 Å². The number of hydrogen-bond donors (Lipinski definition) is 2. The van der Waals surface area contributed by atoms with Crippen LogP contribution in [0, 0.1) is 11.8 Å². The van der Waals surface area contributed by atoms with Crippen LogP contribution >= 0.6 is 0 Å². The Labute approximate surface area is 105 Å². The zero-order valence-corrected chi connectivity index (χ0v) is 11.0. The van der Waals surface area contributed by atoms with E-state index >= 15 is 0 Å². The monoisotopic (exact) mass is 237 g/mol. The zero-order chi connectivity index (χ0) is 11.9. The van der Waals surface area contributed by atoms with Gasteiger partial charge in [-0.1, -0.05) is 32.1 Å². The molecule has 3 rings (SSSR count). The summed E-state index contributed by atoms with van der Waals surface area (Å²) in [5.74, 6) is 1.28. The number of aliphatic hydroxyl groups is 1. The van der Waals surface area contributed by atoms with Crippen LogP contribution in [-0.4, -0.2) is 16.2 Å². The molecule has 2 bridgehead atoms. The first-order valence-electron chi connectivity index (χ1n) is 7.65. The predicted molar refractivity (Wildman–Crippen MR) is 69.6 cm³/mol. The second-order valence-electron chi connectivity index (χ2n) is 6.93. The molecule has 3 aliphatic carbocycles. The molecule has 0 spiro atoms. The van der Waals surface area contributed by atoms with Gasteiger partial charge in [-0.05, 0) is 50.4 Å². The lowest BCUT2D eigenvalue weighted by molar-refractivity contribution is -0.0882. The highest BCUT2D eigenvalue weighted by atomic mass is 16.3. The van der Waals surface area contributed by atoms with E-state index in [2.05, 4.69) is 0 Å². The van der Waals surface area contributed by atoms with Crippen LogP contribution in [0.5, 0.6) is 0 Å². The van der Waals surface area contributed by atoms with E-state index in [1.54, 1.807) is 0 Å². The molecule has 0 amide bonds. The lowest BCUT2D eigenvalue weighted by atomic mass is 9.65. The predicted octanol–water partition coefficient (Wildman–Crippen LogP) is 2.98. The van der Waals surface area contributed by atoms with E-state index in [4.69, 9.17) is 5.73 Å². The van der Waals surface area contributed by atoms with E-state index in [-0.39, 0.29) is 5.54 Å². The molecule has 17 heavy (non-hydrogen) atoms. The molecule has 3 atom stereocenters. The average molecular weight is 237 g/mol. The molecule has 0 aromatic rings. The summed E-state index contributed by atoms with van der Waals surface area (Å²) in [6.45, 7) is 0. The van der Waals surface area contributed by atoms with Crippen molar-refractivity contribution in [3.63, 3.8) is 0 Å². The van der Waals surface area contributed by atoms with E-state index in [1.807, 2.05) is 0 Å². The molecule has 2 nitrogen and oxygen atoms in total. The molecule has 0 radical (unpaired) electrons. The first-order valence-corrected chi connectivity index (χ1v) is 7.65. The summed E-state index contributed by atoms with van der Waals surface area (Å²) in [5, 5.41) is 11.2. The summed E-state index contributed by atoms with van der Waals surface area (Å²) in [5.41, 5.74) is 5.91. The summed E-state index contributed by atoms with van der Waals surface area (Å²) in [7, 11) is 0. The van der Waals surface area contributed by atoms with Gasteiger partial charge >= 0.3 is 0 Å². The third kappa shape index (κ3) is 1.84. The molecule has 3 saturated carbocycles. The van der Waals surface area contributed by atoms with E-state index < -0.39 is 5.60 Å². The maximum atomic E-state index is 11.2. The molecular weight excluding hydrogens is 210 g/mol. The molecule has 3 aliphatic rings. The third-order valence-electron chi connectivity index (χ3n) is 5.92. The van der Waals surface area contributed by atoms with Crippen molar-refractivity contribution in [1.29, 1.82) is 0 Å². The van der Waals surface area contributed by atoms with Crippen molar-refractivity contribution >= 4 is 0 Å². The molecule has 0 aromatic heterocycles. The maximum Gasteiger partial charge on any atom is 0.0857 e. The summed E-state index contributed by atoms with van der Waals surface area (Å²) in [4.78, 5) is 0. The minimum absolute atomic E-state index is 0.271. The average Bonchev–Trinajstić information content (AvgIpc) is 2.84. The topological polar surface area (TPSA) is 46.2 Å². The van der Waals surface area contributed by atoms with Gasteiger partial charge < -0.3 is 10.8 Å². The van der Waals surface area contributed by atoms with Crippen molar-refractivity contribution in [2.45, 2.75) is 81.8 Å². The van der Waals surface area contributed by atoms with Gasteiger partial charge in [0.15, 0.2) is 0 Å². The highest BCUT2D eigenvalue weighted by Crippen LogP contribution is 2.56. The van der Waals surface area contributed by atoms with Crippen molar-refractivity contribution in [3.05, 3.63) is 0 Å². The Balaban J connectivity index is 1.80. The Morgan fingerprint density at radius 3 is 2.12 bits per heavy atom. The zero-order valence-electron chi connectivity index (χ0n) is 11.0. The molecule has 3 N–H and O–H groups in total. The van der Waals surface area contributed by atoms with Gasteiger partial charge in [0.05, 0.1) is 5.60 Å². The van der Waals surface area contributed by atoms with Crippen molar-refractivity contribution in [1.82, 2.24) is 0 Å². The summed E-state index contributed by atoms with van der Waals surface area (Å²) >= 11 is 0. The first-order chi connectivity index (χ1) is 8.14. The number of fused-ring (bicyclic) bond motifs is 2. The van der Waals surface area contributed by atoms with Crippen molar-refractivity contribution in [2.24, 2.45) is 17.6 Å². The standard InChI is InChI=1S/C15H27NO/c16-14(8-4-2-1-3-5-9-14)15(17)11-12-6-7-13(15)10-12/h12-13,17H,1-11,16H2. The highest BCUT2D eigenvalue weighted by molar-refractivity contribution is 5.13. The van der Waals surface area contributed by atoms with Crippen LogP contribution in [0.4, 0.5) is 0 Å². The fourth-order valence-electron chi connectivity index (χ4n) is 4.88. The number of nitrogens with two attached hydrogens (primary N) is 1. The Hall–Kier alpha value is -0.0800. The van der Waals surface area contributed by atoms with Gasteiger partial charge in [0.1, 0.15) is 0 Å². The highest BCUT2D eigenvalue weighted by Gasteiger charge is 2.58. The summed E-state index contributed by atoms with van der Waals surface area (Å²) in [6, 6.07) is 0. The van der Waals surface area contributed by atoms with Gasteiger partial charge in [0, 0.05) is 5.54 Å². The molecule has 3 unspecified atom stereocenters. The molecule has 98 valence electrons. The van der Waals surface area contributed by atoms with E-state index in [9.17, 15) is 5.11 Å². The quantitative estimate of drug-likeness (QED) is 0.736. The Kier molecular flexibility index (Phi) is 2.99. The molecular formula is C15H27NO.